The Balaban J connectivity index is -0.000000239. The van der Waals surface area contributed by atoms with Crippen LogP contribution in [0.1, 0.15) is 41.5 Å². The van der Waals surface area contributed by atoms with Crippen LogP contribution in [0.2, 0.25) is 0 Å². The summed E-state index contributed by atoms with van der Waals surface area (Å²) in [5, 5.41) is 8.87. The predicted molar refractivity (Wildman–Crippen MR) is 67.7 cm³/mol. The van der Waals surface area contributed by atoms with Gasteiger partial charge in [-0.05, 0) is 6.92 Å². The quantitative estimate of drug-likeness (QED) is 0.649. The maximum atomic E-state index is 10.6. The summed E-state index contributed by atoms with van der Waals surface area (Å²) in [6, 6.07) is 0. The molecule has 0 radical (unpaired) electrons. The van der Waals surface area contributed by atoms with Crippen molar-refractivity contribution >= 4 is 18.0 Å². The van der Waals surface area contributed by atoms with Gasteiger partial charge < -0.3 is 14.8 Å². The van der Waals surface area contributed by atoms with Gasteiger partial charge in [0.2, 0.25) is 5.91 Å². The zero-order chi connectivity index (χ0) is 14.4. The zero-order valence-electron chi connectivity index (χ0n) is 11.7. The molecule has 102 valence electrons. The van der Waals surface area contributed by atoms with Crippen LogP contribution in [0.3, 0.4) is 0 Å². The molecule has 0 saturated carbocycles. The summed E-state index contributed by atoms with van der Waals surface area (Å²) < 4.78 is 0. The van der Waals surface area contributed by atoms with Crippen LogP contribution in [0, 0.1) is 0 Å². The number of ketones is 1. The van der Waals surface area contributed by atoms with E-state index in [-0.39, 0.29) is 24.8 Å². The Morgan fingerprint density at radius 2 is 1.71 bits per heavy atom. The molecule has 0 bridgehead atoms. The first-order valence-corrected chi connectivity index (χ1v) is 5.89. The Labute approximate surface area is 104 Å². The zero-order valence-corrected chi connectivity index (χ0v) is 11.7. The van der Waals surface area contributed by atoms with E-state index in [0.717, 1.165) is 6.29 Å². The molecule has 0 aromatic carbocycles. The smallest absolute Gasteiger partial charge is 0.219 e. The molecule has 1 saturated heterocycles. The number of rotatable bonds is 0. The normalized spacial score (nSPS) is 16.5. The molecule has 1 aliphatic heterocycles. The summed E-state index contributed by atoms with van der Waals surface area (Å²) in [6.07, 6.45) is -0.205. The molecule has 17 heavy (non-hydrogen) atoms. The fourth-order valence-corrected chi connectivity index (χ4v) is 0.908. The number of hydrogen-bond acceptors (Lipinski definition) is 4. The summed E-state index contributed by atoms with van der Waals surface area (Å²) in [6.45, 7) is 11.1. The largest absolute Gasteiger partial charge is 0.383 e. The maximum absolute atomic E-state index is 10.6. The van der Waals surface area contributed by atoms with Gasteiger partial charge in [-0.15, -0.1) is 0 Å². The van der Waals surface area contributed by atoms with Gasteiger partial charge in [-0.25, -0.2) is 0 Å². The van der Waals surface area contributed by atoms with Crippen molar-refractivity contribution in [2.45, 2.75) is 47.6 Å². The van der Waals surface area contributed by atoms with Crippen molar-refractivity contribution in [1.82, 2.24) is 4.90 Å². The number of Topliss-reactive ketones (excluding diaryl/α,β-unsaturated/α-hetero) is 1. The fourth-order valence-electron chi connectivity index (χ4n) is 0.908. The van der Waals surface area contributed by atoms with E-state index in [4.69, 9.17) is 9.90 Å². The standard InChI is InChI=1S/C6H9NO3.C2H4O.2C2H6/c1-4(8)7-2-5(9)6(10)3-7;1-2-3;2*1-2/h5,9H,2-3H2,1H3;2H,1H3;2*1-2H3/t5-;;;/m0.../s1. The monoisotopic (exact) mass is 247 g/mol. The second kappa shape index (κ2) is 14.8. The van der Waals surface area contributed by atoms with Crippen LogP contribution in [-0.4, -0.2) is 47.2 Å². The minimum absolute atomic E-state index is 0.0660. The van der Waals surface area contributed by atoms with Crippen LogP contribution in [0.25, 0.3) is 0 Å². The van der Waals surface area contributed by atoms with Gasteiger partial charge in [0.25, 0.3) is 0 Å². The second-order valence-corrected chi connectivity index (χ2v) is 2.62. The summed E-state index contributed by atoms with van der Waals surface area (Å²) >= 11 is 0. The average Bonchev–Trinajstić information content (AvgIpc) is 2.66. The number of aldehydes is 1. The number of aliphatic hydroxyl groups excluding tert-OH is 1. The number of nitrogens with zero attached hydrogens (tertiary/aromatic N) is 1. The summed E-state index contributed by atoms with van der Waals surface area (Å²) in [5.41, 5.74) is 0. The van der Waals surface area contributed by atoms with Gasteiger partial charge in [-0.3, -0.25) is 9.59 Å². The highest BCUT2D eigenvalue weighted by Gasteiger charge is 2.29. The molecule has 0 aliphatic carbocycles. The molecular weight excluding hydrogens is 222 g/mol. The van der Waals surface area contributed by atoms with Crippen LogP contribution in [0.4, 0.5) is 0 Å². The summed E-state index contributed by atoms with van der Waals surface area (Å²) in [4.78, 5) is 31.4. The van der Waals surface area contributed by atoms with E-state index in [9.17, 15) is 9.59 Å². The van der Waals surface area contributed by atoms with E-state index in [0.29, 0.717) is 0 Å². The van der Waals surface area contributed by atoms with Crippen molar-refractivity contribution in [3.8, 4) is 0 Å². The molecule has 0 spiro atoms. The Kier molecular flexibility index (Phi) is 18.3. The Hall–Kier alpha value is -1.23. The average molecular weight is 247 g/mol. The summed E-state index contributed by atoms with van der Waals surface area (Å²) in [5.74, 6) is -0.430. The van der Waals surface area contributed by atoms with Crippen LogP contribution >= 0.6 is 0 Å². The summed E-state index contributed by atoms with van der Waals surface area (Å²) in [7, 11) is 0. The van der Waals surface area contributed by atoms with E-state index in [2.05, 4.69) is 0 Å². The molecule has 1 heterocycles. The van der Waals surface area contributed by atoms with Gasteiger partial charge in [0.15, 0.2) is 5.78 Å². The Morgan fingerprint density at radius 1 is 1.35 bits per heavy atom. The number of carbonyl (C=O) groups excluding carboxylic acids is 3. The van der Waals surface area contributed by atoms with Crippen molar-refractivity contribution in [3.63, 3.8) is 0 Å². The Morgan fingerprint density at radius 3 is 1.82 bits per heavy atom. The van der Waals surface area contributed by atoms with E-state index in [1.807, 2.05) is 27.7 Å². The molecule has 5 nitrogen and oxygen atoms in total. The van der Waals surface area contributed by atoms with Crippen molar-refractivity contribution in [2.24, 2.45) is 0 Å². The van der Waals surface area contributed by atoms with Crippen LogP contribution in [0.5, 0.6) is 0 Å². The third-order valence-electron chi connectivity index (χ3n) is 1.56. The SMILES string of the molecule is CC.CC.CC(=O)N1CC(=O)[C@@H](O)C1.CC=O. The highest BCUT2D eigenvalue weighted by atomic mass is 16.3. The van der Waals surface area contributed by atoms with Crippen molar-refractivity contribution < 1.29 is 19.5 Å². The Bertz CT molecular complexity index is 217. The van der Waals surface area contributed by atoms with E-state index in [1.165, 1.54) is 18.7 Å². The minimum Gasteiger partial charge on any atom is -0.383 e. The molecule has 0 unspecified atom stereocenters. The minimum atomic E-state index is -0.955. The van der Waals surface area contributed by atoms with E-state index in [1.54, 1.807) is 0 Å². The predicted octanol–water partition coefficient (Wildman–Crippen LogP) is 1.04. The topological polar surface area (TPSA) is 74.7 Å². The number of carbonyl (C=O) groups is 3. The molecule has 1 rings (SSSR count). The lowest BCUT2D eigenvalue weighted by Gasteiger charge is -2.09. The highest BCUT2D eigenvalue weighted by Crippen LogP contribution is 2.04. The van der Waals surface area contributed by atoms with Gasteiger partial charge in [-0.1, -0.05) is 27.7 Å². The first-order chi connectivity index (χ1) is 8.02. The molecule has 0 aromatic rings. The van der Waals surface area contributed by atoms with Gasteiger partial charge in [0.05, 0.1) is 13.1 Å². The number of amides is 1. The lowest BCUT2D eigenvalue weighted by molar-refractivity contribution is -0.129. The molecule has 5 heteroatoms. The first kappa shape index (κ1) is 21.1. The molecule has 1 atom stereocenters. The van der Waals surface area contributed by atoms with E-state index >= 15 is 0 Å². The van der Waals surface area contributed by atoms with Crippen molar-refractivity contribution in [1.29, 1.82) is 0 Å². The van der Waals surface area contributed by atoms with Crippen LogP contribution < -0.4 is 0 Å². The third-order valence-corrected chi connectivity index (χ3v) is 1.56. The molecule has 1 amide bonds. The van der Waals surface area contributed by atoms with Crippen molar-refractivity contribution in [3.05, 3.63) is 0 Å². The number of aliphatic hydroxyl groups is 1. The van der Waals surface area contributed by atoms with E-state index < -0.39 is 6.10 Å². The fraction of sp³-hybridized carbons (Fsp3) is 0.750. The van der Waals surface area contributed by atoms with Crippen molar-refractivity contribution in [2.75, 3.05) is 13.1 Å². The maximum Gasteiger partial charge on any atom is 0.219 e. The second-order valence-electron chi connectivity index (χ2n) is 2.62. The number of β-amino-alcohol motifs (C(OH)–C–C–N with tert-alkyl or cyclic N) is 1. The lowest BCUT2D eigenvalue weighted by atomic mass is 10.3. The molecular formula is C12H25NO4. The van der Waals surface area contributed by atoms with Gasteiger partial charge in [-0.2, -0.15) is 0 Å². The molecule has 1 aliphatic rings. The number of hydrogen-bond donors (Lipinski definition) is 1. The third kappa shape index (κ3) is 11.0. The van der Waals surface area contributed by atoms with Gasteiger partial charge in [0.1, 0.15) is 12.4 Å². The molecule has 0 aromatic heterocycles. The van der Waals surface area contributed by atoms with Gasteiger partial charge in [0, 0.05) is 6.92 Å². The van der Waals surface area contributed by atoms with Crippen LogP contribution in [-0.2, 0) is 14.4 Å². The lowest BCUT2D eigenvalue weighted by Crippen LogP contribution is -2.26. The number of likely N-dealkylation sites (tertiary alicyclic amines) is 1. The molecule has 1 fully saturated rings. The van der Waals surface area contributed by atoms with Gasteiger partial charge >= 0.3 is 0 Å². The first-order valence-electron chi connectivity index (χ1n) is 5.89. The highest BCUT2D eigenvalue weighted by molar-refractivity contribution is 5.91. The molecule has 1 N–H and O–H groups in total. The van der Waals surface area contributed by atoms with Crippen LogP contribution in [0.15, 0.2) is 0 Å².